The molecule has 1 aromatic rings. The molecule has 0 N–H and O–H groups in total. The summed E-state index contributed by atoms with van der Waals surface area (Å²) in [5.74, 6) is 0.200. The molecule has 0 fully saturated rings. The largest absolute Gasteiger partial charge is 0.311 e. The Balaban J connectivity index is 2.15. The van der Waals surface area contributed by atoms with Crippen LogP contribution in [0.5, 0.6) is 0 Å². The Morgan fingerprint density at radius 3 is 3.07 bits per heavy atom. The minimum atomic E-state index is 0.200. The first-order valence-electron chi connectivity index (χ1n) is 5.12. The molecule has 2 rings (SSSR count). The van der Waals surface area contributed by atoms with Crippen molar-refractivity contribution in [3.8, 4) is 0 Å². The Hall–Kier alpha value is -1.35. The van der Waals surface area contributed by atoms with Crippen molar-refractivity contribution in [2.75, 3.05) is 32.1 Å². The van der Waals surface area contributed by atoms with Gasteiger partial charge in [0.25, 0.3) is 0 Å². The smallest absolute Gasteiger partial charge is 0.231 e. The highest BCUT2D eigenvalue weighted by molar-refractivity contribution is 6.01. The SMILES string of the molecule is CN(C)CCN1C(=O)Cc2c[c]ccc21. The molecule has 0 saturated heterocycles. The topological polar surface area (TPSA) is 23.6 Å². The molecular formula is C12H15N2O. The molecule has 0 atom stereocenters. The maximum Gasteiger partial charge on any atom is 0.231 e. The molecule has 79 valence electrons. The molecule has 0 spiro atoms. The Bertz CT molecular complexity index is 374. The van der Waals surface area contributed by atoms with Crippen LogP contribution >= 0.6 is 0 Å². The summed E-state index contributed by atoms with van der Waals surface area (Å²) in [6, 6.07) is 8.74. The zero-order chi connectivity index (χ0) is 10.8. The monoisotopic (exact) mass is 203 g/mol. The third-order valence-electron chi connectivity index (χ3n) is 2.63. The molecule has 3 heteroatoms. The number of likely N-dealkylation sites (N-methyl/N-ethyl adjacent to an activating group) is 1. The summed E-state index contributed by atoms with van der Waals surface area (Å²) in [5, 5.41) is 0. The molecule has 0 unspecified atom stereocenters. The highest BCUT2D eigenvalue weighted by Crippen LogP contribution is 2.27. The molecular weight excluding hydrogens is 188 g/mol. The van der Waals surface area contributed by atoms with Crippen LogP contribution in [0.4, 0.5) is 5.69 Å². The van der Waals surface area contributed by atoms with Gasteiger partial charge in [-0.05, 0) is 37.9 Å². The molecule has 0 saturated carbocycles. The van der Waals surface area contributed by atoms with Crippen LogP contribution in [0.2, 0.25) is 0 Å². The molecule has 3 nitrogen and oxygen atoms in total. The van der Waals surface area contributed by atoms with Crippen molar-refractivity contribution in [3.63, 3.8) is 0 Å². The van der Waals surface area contributed by atoms with Gasteiger partial charge in [-0.2, -0.15) is 0 Å². The lowest BCUT2D eigenvalue weighted by Gasteiger charge is -2.19. The maximum absolute atomic E-state index is 11.7. The van der Waals surface area contributed by atoms with Gasteiger partial charge < -0.3 is 9.80 Å². The number of anilines is 1. The van der Waals surface area contributed by atoms with E-state index >= 15 is 0 Å². The van der Waals surface area contributed by atoms with Crippen LogP contribution in [-0.4, -0.2) is 38.0 Å². The second-order valence-corrected chi connectivity index (χ2v) is 4.08. The number of hydrogen-bond donors (Lipinski definition) is 0. The lowest BCUT2D eigenvalue weighted by molar-refractivity contribution is -0.117. The summed E-state index contributed by atoms with van der Waals surface area (Å²) in [4.78, 5) is 15.7. The number of hydrogen-bond acceptors (Lipinski definition) is 2. The van der Waals surface area contributed by atoms with Crippen LogP contribution in [0.3, 0.4) is 0 Å². The van der Waals surface area contributed by atoms with Crippen molar-refractivity contribution in [3.05, 3.63) is 29.8 Å². The average Bonchev–Trinajstić information content (AvgIpc) is 2.50. The number of nitrogens with zero attached hydrogens (tertiary/aromatic N) is 2. The van der Waals surface area contributed by atoms with Crippen molar-refractivity contribution < 1.29 is 4.79 Å². The van der Waals surface area contributed by atoms with Gasteiger partial charge in [-0.3, -0.25) is 4.79 Å². The predicted molar refractivity (Wildman–Crippen MR) is 59.9 cm³/mol. The van der Waals surface area contributed by atoms with Crippen molar-refractivity contribution in [1.29, 1.82) is 0 Å². The molecule has 1 aromatic carbocycles. The minimum absolute atomic E-state index is 0.200. The fourth-order valence-corrected chi connectivity index (χ4v) is 1.80. The normalized spacial score (nSPS) is 14.9. The van der Waals surface area contributed by atoms with Gasteiger partial charge in [0.2, 0.25) is 5.91 Å². The molecule has 1 radical (unpaired) electrons. The van der Waals surface area contributed by atoms with Crippen LogP contribution in [0, 0.1) is 6.07 Å². The first kappa shape index (κ1) is 10.2. The van der Waals surface area contributed by atoms with E-state index in [9.17, 15) is 4.79 Å². The van der Waals surface area contributed by atoms with Crippen LogP contribution < -0.4 is 4.90 Å². The van der Waals surface area contributed by atoms with Gasteiger partial charge in [0.15, 0.2) is 0 Å². The molecule has 15 heavy (non-hydrogen) atoms. The van der Waals surface area contributed by atoms with E-state index in [1.807, 2.05) is 37.2 Å². The molecule has 1 aliphatic heterocycles. The van der Waals surface area contributed by atoms with Gasteiger partial charge in [-0.1, -0.05) is 6.07 Å². The molecule has 1 amide bonds. The lowest BCUT2D eigenvalue weighted by atomic mass is 10.2. The van der Waals surface area contributed by atoms with E-state index in [4.69, 9.17) is 0 Å². The fraction of sp³-hybridized carbons (Fsp3) is 0.417. The number of rotatable bonds is 3. The van der Waals surface area contributed by atoms with E-state index in [0.717, 1.165) is 24.3 Å². The number of benzene rings is 1. The van der Waals surface area contributed by atoms with Crippen LogP contribution in [0.25, 0.3) is 0 Å². The van der Waals surface area contributed by atoms with Crippen molar-refractivity contribution >= 4 is 11.6 Å². The highest BCUT2D eigenvalue weighted by Gasteiger charge is 2.26. The van der Waals surface area contributed by atoms with Crippen LogP contribution in [-0.2, 0) is 11.2 Å². The Kier molecular flexibility index (Phi) is 2.73. The molecule has 1 heterocycles. The number of amides is 1. The second kappa shape index (κ2) is 4.03. The standard InChI is InChI=1S/C12H15N2O/c1-13(2)7-8-14-11-6-4-3-5-10(11)9-12(14)15/h4-6H,7-9H2,1-2H3. The van der Waals surface area contributed by atoms with E-state index in [2.05, 4.69) is 11.0 Å². The van der Waals surface area contributed by atoms with E-state index in [0.29, 0.717) is 6.42 Å². The molecule has 0 aromatic heterocycles. The Morgan fingerprint density at radius 1 is 1.53 bits per heavy atom. The van der Waals surface area contributed by atoms with Crippen LogP contribution in [0.15, 0.2) is 18.2 Å². The number of carbonyl (C=O) groups excluding carboxylic acids is 1. The van der Waals surface area contributed by atoms with Gasteiger partial charge in [-0.25, -0.2) is 0 Å². The third-order valence-corrected chi connectivity index (χ3v) is 2.63. The fourth-order valence-electron chi connectivity index (χ4n) is 1.80. The zero-order valence-electron chi connectivity index (χ0n) is 9.16. The number of carbonyl (C=O) groups is 1. The molecule has 1 aliphatic rings. The van der Waals surface area contributed by atoms with Crippen LogP contribution in [0.1, 0.15) is 5.56 Å². The Labute approximate surface area is 90.3 Å². The van der Waals surface area contributed by atoms with Gasteiger partial charge >= 0.3 is 0 Å². The number of fused-ring (bicyclic) bond motifs is 1. The maximum atomic E-state index is 11.7. The van der Waals surface area contributed by atoms with Crippen molar-refractivity contribution in [2.45, 2.75) is 6.42 Å². The summed E-state index contributed by atoms with van der Waals surface area (Å²) in [5.41, 5.74) is 2.15. The minimum Gasteiger partial charge on any atom is -0.311 e. The van der Waals surface area contributed by atoms with Gasteiger partial charge in [-0.15, -0.1) is 0 Å². The first-order valence-corrected chi connectivity index (χ1v) is 5.12. The third kappa shape index (κ3) is 2.02. The molecule has 0 bridgehead atoms. The van der Waals surface area contributed by atoms with Gasteiger partial charge in [0.1, 0.15) is 0 Å². The summed E-state index contributed by atoms with van der Waals surface area (Å²) >= 11 is 0. The average molecular weight is 203 g/mol. The Morgan fingerprint density at radius 2 is 2.33 bits per heavy atom. The van der Waals surface area contributed by atoms with E-state index in [-0.39, 0.29) is 5.91 Å². The van der Waals surface area contributed by atoms with Gasteiger partial charge in [0.05, 0.1) is 6.42 Å². The van der Waals surface area contributed by atoms with Crippen molar-refractivity contribution in [2.24, 2.45) is 0 Å². The summed E-state index contributed by atoms with van der Waals surface area (Å²) in [6.07, 6.45) is 0.528. The predicted octanol–water partition coefficient (Wildman–Crippen LogP) is 0.937. The van der Waals surface area contributed by atoms with E-state index in [1.165, 1.54) is 0 Å². The molecule has 0 aliphatic carbocycles. The zero-order valence-corrected chi connectivity index (χ0v) is 9.16. The van der Waals surface area contributed by atoms with E-state index < -0.39 is 0 Å². The quantitative estimate of drug-likeness (QED) is 0.730. The van der Waals surface area contributed by atoms with Gasteiger partial charge in [0, 0.05) is 18.8 Å². The summed E-state index contributed by atoms with van der Waals surface area (Å²) in [7, 11) is 4.03. The van der Waals surface area contributed by atoms with E-state index in [1.54, 1.807) is 0 Å². The van der Waals surface area contributed by atoms with Crippen molar-refractivity contribution in [1.82, 2.24) is 4.90 Å². The highest BCUT2D eigenvalue weighted by atomic mass is 16.2. The second-order valence-electron chi connectivity index (χ2n) is 4.08. The summed E-state index contributed by atoms with van der Waals surface area (Å²) in [6.45, 7) is 1.66. The first-order chi connectivity index (χ1) is 7.18. The lowest BCUT2D eigenvalue weighted by Crippen LogP contribution is -2.33. The summed E-state index contributed by atoms with van der Waals surface area (Å²) < 4.78 is 0.